The molecule has 1 aromatic rings. The second-order valence-corrected chi connectivity index (χ2v) is 6.00. The topological polar surface area (TPSA) is 60.7 Å². The van der Waals surface area contributed by atoms with Gasteiger partial charge in [0, 0.05) is 11.7 Å². The summed E-state index contributed by atoms with van der Waals surface area (Å²) >= 11 is 0. The molecule has 1 aliphatic heterocycles. The Bertz CT molecular complexity index is 526. The van der Waals surface area contributed by atoms with Crippen LogP contribution in [0.4, 0.5) is 5.82 Å². The molecule has 0 radical (unpaired) electrons. The van der Waals surface area contributed by atoms with E-state index in [1.54, 1.807) is 0 Å². The lowest BCUT2D eigenvalue weighted by Gasteiger charge is -2.29. The van der Waals surface area contributed by atoms with Crippen LogP contribution in [0, 0.1) is 17.2 Å². The Balaban J connectivity index is 1.78. The molecule has 1 aromatic heterocycles. The van der Waals surface area contributed by atoms with Crippen LogP contribution in [-0.4, -0.2) is 24.1 Å². The van der Waals surface area contributed by atoms with Crippen molar-refractivity contribution in [1.29, 1.82) is 5.26 Å². The quantitative estimate of drug-likeness (QED) is 0.884. The van der Waals surface area contributed by atoms with E-state index >= 15 is 0 Å². The zero-order valence-electron chi connectivity index (χ0n) is 12.1. The van der Waals surface area contributed by atoms with Crippen molar-refractivity contribution in [3.63, 3.8) is 0 Å². The van der Waals surface area contributed by atoms with Crippen LogP contribution in [0.25, 0.3) is 0 Å². The van der Waals surface area contributed by atoms with Crippen LogP contribution in [0.15, 0.2) is 6.07 Å². The summed E-state index contributed by atoms with van der Waals surface area (Å²) in [7, 11) is 0. The third kappa shape index (κ3) is 2.64. The van der Waals surface area contributed by atoms with Gasteiger partial charge in [-0.05, 0) is 69.7 Å². The van der Waals surface area contributed by atoms with Crippen LogP contribution in [0.3, 0.4) is 0 Å². The van der Waals surface area contributed by atoms with Gasteiger partial charge in [0.25, 0.3) is 0 Å². The molecule has 4 heteroatoms. The van der Waals surface area contributed by atoms with Gasteiger partial charge in [-0.25, -0.2) is 4.98 Å². The van der Waals surface area contributed by atoms with Crippen molar-refractivity contribution in [3.05, 3.63) is 22.9 Å². The Kier molecular flexibility index (Phi) is 3.88. The number of pyridine rings is 1. The minimum Gasteiger partial charge on any atom is -0.366 e. The molecule has 1 fully saturated rings. The molecule has 1 saturated heterocycles. The highest BCUT2D eigenvalue weighted by Crippen LogP contribution is 2.26. The molecule has 0 amide bonds. The summed E-state index contributed by atoms with van der Waals surface area (Å²) in [4.78, 5) is 4.70. The minimum atomic E-state index is 0.349. The molecule has 20 heavy (non-hydrogen) atoms. The van der Waals surface area contributed by atoms with E-state index in [0.717, 1.165) is 31.7 Å². The number of nitrogens with zero attached hydrogens (tertiary/aromatic N) is 2. The number of hydrogen-bond donors (Lipinski definition) is 2. The van der Waals surface area contributed by atoms with Crippen molar-refractivity contribution in [2.45, 2.75) is 45.1 Å². The van der Waals surface area contributed by atoms with Gasteiger partial charge in [-0.15, -0.1) is 0 Å². The third-order valence-corrected chi connectivity index (χ3v) is 4.58. The molecule has 2 heterocycles. The Morgan fingerprint density at radius 1 is 1.45 bits per heavy atom. The van der Waals surface area contributed by atoms with Gasteiger partial charge in [-0.3, -0.25) is 0 Å². The van der Waals surface area contributed by atoms with Crippen LogP contribution >= 0.6 is 0 Å². The first-order valence-electron chi connectivity index (χ1n) is 7.68. The number of nitrogens with one attached hydrogen (secondary N) is 2. The van der Waals surface area contributed by atoms with Crippen LogP contribution in [0.5, 0.6) is 0 Å². The van der Waals surface area contributed by atoms with Crippen molar-refractivity contribution in [3.8, 4) is 6.07 Å². The molecule has 0 saturated carbocycles. The molecular formula is C16H22N4. The Labute approximate surface area is 120 Å². The molecule has 106 valence electrons. The molecule has 4 nitrogen and oxygen atoms in total. The molecular weight excluding hydrogens is 248 g/mol. The van der Waals surface area contributed by atoms with Gasteiger partial charge in [0.2, 0.25) is 0 Å². The van der Waals surface area contributed by atoms with Gasteiger partial charge >= 0.3 is 0 Å². The summed E-state index contributed by atoms with van der Waals surface area (Å²) in [6.07, 6.45) is 5.76. The molecule has 2 aliphatic rings. The van der Waals surface area contributed by atoms with Crippen molar-refractivity contribution in [2.75, 3.05) is 18.4 Å². The molecule has 0 bridgehead atoms. The van der Waals surface area contributed by atoms with Gasteiger partial charge in [0.05, 0.1) is 5.56 Å². The van der Waals surface area contributed by atoms with Gasteiger partial charge in [0.15, 0.2) is 0 Å². The third-order valence-electron chi connectivity index (χ3n) is 4.58. The van der Waals surface area contributed by atoms with Gasteiger partial charge in [-0.2, -0.15) is 5.26 Å². The van der Waals surface area contributed by atoms with Gasteiger partial charge in [0.1, 0.15) is 11.9 Å². The van der Waals surface area contributed by atoms with Crippen LogP contribution in [0.1, 0.15) is 43.0 Å². The van der Waals surface area contributed by atoms with Crippen molar-refractivity contribution < 1.29 is 0 Å². The number of aromatic nitrogens is 1. The molecule has 2 atom stereocenters. The van der Waals surface area contributed by atoms with E-state index in [1.807, 2.05) is 6.07 Å². The second-order valence-electron chi connectivity index (χ2n) is 6.00. The molecule has 2 unspecified atom stereocenters. The standard InChI is InChI=1S/C16H22N4/c1-11(13-5-3-7-18-10-13)19-16-14(9-17)8-12-4-2-6-15(12)20-16/h8,11,13,18H,2-7,10H2,1H3,(H,19,20). The zero-order chi connectivity index (χ0) is 13.9. The summed E-state index contributed by atoms with van der Waals surface area (Å²) < 4.78 is 0. The first-order valence-corrected chi connectivity index (χ1v) is 7.68. The van der Waals surface area contributed by atoms with Gasteiger partial charge in [-0.1, -0.05) is 0 Å². The lowest BCUT2D eigenvalue weighted by atomic mass is 9.92. The fourth-order valence-electron chi connectivity index (χ4n) is 3.31. The number of hydrogen-bond acceptors (Lipinski definition) is 4. The van der Waals surface area contributed by atoms with Crippen LogP contribution in [-0.2, 0) is 12.8 Å². The maximum Gasteiger partial charge on any atom is 0.144 e. The summed E-state index contributed by atoms with van der Waals surface area (Å²) in [5.74, 6) is 1.40. The minimum absolute atomic E-state index is 0.349. The monoisotopic (exact) mass is 270 g/mol. The average molecular weight is 270 g/mol. The number of anilines is 1. The SMILES string of the molecule is CC(Nc1nc2c(cc1C#N)CCC2)C1CCCNC1. The number of rotatable bonds is 3. The first-order chi connectivity index (χ1) is 9.78. The highest BCUT2D eigenvalue weighted by molar-refractivity contribution is 5.55. The lowest BCUT2D eigenvalue weighted by molar-refractivity contribution is 0.346. The molecule has 3 rings (SSSR count). The van der Waals surface area contributed by atoms with E-state index < -0.39 is 0 Å². The molecule has 2 N–H and O–H groups in total. The number of piperidine rings is 1. The number of aryl methyl sites for hydroxylation is 2. The maximum atomic E-state index is 9.33. The predicted octanol–water partition coefficient (Wildman–Crippen LogP) is 2.24. The predicted molar refractivity (Wildman–Crippen MR) is 79.7 cm³/mol. The summed E-state index contributed by atoms with van der Waals surface area (Å²) in [5.41, 5.74) is 3.14. The molecule has 0 aromatic carbocycles. The number of nitriles is 1. The lowest BCUT2D eigenvalue weighted by Crippen LogP contribution is -2.39. The van der Waals surface area contributed by atoms with E-state index in [9.17, 15) is 5.26 Å². The van der Waals surface area contributed by atoms with Crippen LogP contribution < -0.4 is 10.6 Å². The van der Waals surface area contributed by atoms with E-state index in [0.29, 0.717) is 17.5 Å². The highest BCUT2D eigenvalue weighted by atomic mass is 15.0. The largest absolute Gasteiger partial charge is 0.366 e. The van der Waals surface area contributed by atoms with E-state index in [1.165, 1.54) is 30.5 Å². The normalized spacial score (nSPS) is 22.9. The first kappa shape index (κ1) is 13.4. The molecule has 1 aliphatic carbocycles. The maximum absolute atomic E-state index is 9.33. The molecule has 0 spiro atoms. The van der Waals surface area contributed by atoms with Gasteiger partial charge < -0.3 is 10.6 Å². The Morgan fingerprint density at radius 2 is 2.35 bits per heavy atom. The zero-order valence-corrected chi connectivity index (χ0v) is 12.1. The summed E-state index contributed by atoms with van der Waals surface area (Å²) in [5, 5.41) is 16.3. The Hall–Kier alpha value is -1.60. The summed E-state index contributed by atoms with van der Waals surface area (Å²) in [6.45, 7) is 4.39. The van der Waals surface area contributed by atoms with Crippen molar-refractivity contribution in [2.24, 2.45) is 5.92 Å². The van der Waals surface area contributed by atoms with E-state index in [-0.39, 0.29) is 0 Å². The van der Waals surface area contributed by atoms with E-state index in [2.05, 4.69) is 23.6 Å². The highest BCUT2D eigenvalue weighted by Gasteiger charge is 2.22. The van der Waals surface area contributed by atoms with E-state index in [4.69, 9.17) is 4.98 Å². The van der Waals surface area contributed by atoms with Crippen molar-refractivity contribution >= 4 is 5.82 Å². The second kappa shape index (κ2) is 5.80. The summed E-state index contributed by atoms with van der Waals surface area (Å²) in [6, 6.07) is 4.67. The fourth-order valence-corrected chi connectivity index (χ4v) is 3.31. The fraction of sp³-hybridized carbons (Fsp3) is 0.625. The Morgan fingerprint density at radius 3 is 3.10 bits per heavy atom. The van der Waals surface area contributed by atoms with Crippen molar-refractivity contribution in [1.82, 2.24) is 10.3 Å². The smallest absolute Gasteiger partial charge is 0.144 e. The van der Waals surface area contributed by atoms with Crippen LogP contribution in [0.2, 0.25) is 0 Å². The number of fused-ring (bicyclic) bond motifs is 1. The average Bonchev–Trinajstić information content (AvgIpc) is 2.94.